The maximum absolute atomic E-state index is 12.0. The Bertz CT molecular complexity index is 658. The van der Waals surface area contributed by atoms with Crippen LogP contribution in [-0.4, -0.2) is 17.7 Å². The van der Waals surface area contributed by atoms with Gasteiger partial charge in [0.15, 0.2) is 11.5 Å². The molecule has 1 atom stereocenters. The number of hydrogen-bond donors (Lipinski definition) is 1. The molecule has 0 bridgehead atoms. The van der Waals surface area contributed by atoms with Gasteiger partial charge in [0.25, 0.3) is 0 Å². The van der Waals surface area contributed by atoms with Crippen molar-refractivity contribution in [2.75, 3.05) is 6.79 Å². The summed E-state index contributed by atoms with van der Waals surface area (Å²) in [6.45, 7) is 2.76. The molecular weight excluding hydrogens is 280 g/mol. The number of amides is 1. The zero-order valence-electron chi connectivity index (χ0n) is 12.4. The van der Waals surface area contributed by atoms with Gasteiger partial charge in [0.2, 0.25) is 12.7 Å². The summed E-state index contributed by atoms with van der Waals surface area (Å²) in [5.74, 6) is 1.65. The van der Waals surface area contributed by atoms with Gasteiger partial charge in [-0.15, -0.1) is 0 Å². The normalized spacial score (nSPS) is 13.7. The van der Waals surface area contributed by atoms with Gasteiger partial charge in [0, 0.05) is 25.4 Å². The fourth-order valence-corrected chi connectivity index (χ4v) is 2.39. The van der Waals surface area contributed by atoms with Crippen LogP contribution in [0, 0.1) is 0 Å². The number of carbonyl (C=O) groups is 1. The van der Waals surface area contributed by atoms with E-state index in [0.717, 1.165) is 22.6 Å². The Hall–Kier alpha value is -2.56. The molecule has 1 unspecified atom stereocenters. The first kappa shape index (κ1) is 14.4. The van der Waals surface area contributed by atoms with E-state index in [-0.39, 0.29) is 18.6 Å². The van der Waals surface area contributed by atoms with Crippen LogP contribution in [0.1, 0.15) is 30.4 Å². The highest BCUT2D eigenvalue weighted by atomic mass is 16.7. The van der Waals surface area contributed by atoms with Gasteiger partial charge in [0.05, 0.1) is 0 Å². The summed E-state index contributed by atoms with van der Waals surface area (Å²) in [6, 6.07) is 9.56. The minimum atomic E-state index is 0.0222. The zero-order chi connectivity index (χ0) is 15.4. The first-order valence-corrected chi connectivity index (χ1v) is 7.27. The third-order valence-electron chi connectivity index (χ3n) is 3.67. The minimum absolute atomic E-state index is 0.0222. The predicted molar refractivity (Wildman–Crippen MR) is 81.7 cm³/mol. The van der Waals surface area contributed by atoms with Crippen LogP contribution in [0.5, 0.6) is 11.5 Å². The highest BCUT2D eigenvalue weighted by Gasteiger charge is 2.14. The molecule has 0 aliphatic carbocycles. The van der Waals surface area contributed by atoms with E-state index in [1.54, 1.807) is 12.4 Å². The second-order valence-corrected chi connectivity index (χ2v) is 5.36. The van der Waals surface area contributed by atoms with Crippen molar-refractivity contribution < 1.29 is 14.3 Å². The monoisotopic (exact) mass is 298 g/mol. The van der Waals surface area contributed by atoms with E-state index < -0.39 is 0 Å². The van der Waals surface area contributed by atoms with Crippen LogP contribution in [0.3, 0.4) is 0 Å². The first-order valence-electron chi connectivity index (χ1n) is 7.27. The second-order valence-electron chi connectivity index (χ2n) is 5.36. The standard InChI is InChI=1S/C17H18N2O3/c1-12(14-3-2-6-18-10-14)7-17(20)19-9-13-4-5-15-16(8-13)22-11-21-15/h2-6,8,10,12H,7,9,11H2,1H3,(H,19,20). The average Bonchev–Trinajstić information content (AvgIpc) is 3.01. The summed E-state index contributed by atoms with van der Waals surface area (Å²) in [5.41, 5.74) is 2.06. The van der Waals surface area contributed by atoms with E-state index in [1.807, 2.05) is 37.3 Å². The van der Waals surface area contributed by atoms with Crippen molar-refractivity contribution in [2.45, 2.75) is 25.8 Å². The van der Waals surface area contributed by atoms with Crippen molar-refractivity contribution in [3.63, 3.8) is 0 Å². The molecule has 1 aromatic carbocycles. The number of hydrogen-bond acceptors (Lipinski definition) is 4. The van der Waals surface area contributed by atoms with Gasteiger partial charge in [-0.3, -0.25) is 9.78 Å². The van der Waals surface area contributed by atoms with Crippen LogP contribution in [0.15, 0.2) is 42.7 Å². The molecule has 3 rings (SSSR count). The van der Waals surface area contributed by atoms with E-state index in [4.69, 9.17) is 9.47 Å². The lowest BCUT2D eigenvalue weighted by Crippen LogP contribution is -2.24. The number of benzene rings is 1. The second kappa shape index (κ2) is 6.47. The molecule has 1 N–H and O–H groups in total. The lowest BCUT2D eigenvalue weighted by Gasteiger charge is -2.11. The maximum Gasteiger partial charge on any atom is 0.231 e. The molecule has 1 aliphatic heterocycles. The molecule has 2 heterocycles. The topological polar surface area (TPSA) is 60.5 Å². The fourth-order valence-electron chi connectivity index (χ4n) is 2.39. The lowest BCUT2D eigenvalue weighted by atomic mass is 9.99. The Morgan fingerprint density at radius 2 is 2.18 bits per heavy atom. The summed E-state index contributed by atoms with van der Waals surface area (Å²) in [5, 5.41) is 2.94. The van der Waals surface area contributed by atoms with Crippen LogP contribution in [0.4, 0.5) is 0 Å². The van der Waals surface area contributed by atoms with Crippen LogP contribution in [-0.2, 0) is 11.3 Å². The number of rotatable bonds is 5. The van der Waals surface area contributed by atoms with Gasteiger partial charge in [-0.05, 0) is 35.2 Å². The average molecular weight is 298 g/mol. The number of nitrogens with zero attached hydrogens (tertiary/aromatic N) is 1. The smallest absolute Gasteiger partial charge is 0.231 e. The Labute approximate surface area is 129 Å². The molecule has 1 aliphatic rings. The Morgan fingerprint density at radius 1 is 1.32 bits per heavy atom. The van der Waals surface area contributed by atoms with Crippen molar-refractivity contribution in [3.05, 3.63) is 53.9 Å². The molecule has 1 aromatic heterocycles. The van der Waals surface area contributed by atoms with Crippen LogP contribution >= 0.6 is 0 Å². The first-order chi connectivity index (χ1) is 10.7. The third-order valence-corrected chi connectivity index (χ3v) is 3.67. The predicted octanol–water partition coefficient (Wildman–Crippen LogP) is 2.62. The number of pyridine rings is 1. The summed E-state index contributed by atoms with van der Waals surface area (Å²) >= 11 is 0. The molecule has 5 heteroatoms. The van der Waals surface area contributed by atoms with E-state index in [9.17, 15) is 4.79 Å². The SMILES string of the molecule is CC(CC(=O)NCc1ccc2c(c1)OCO2)c1cccnc1. The van der Waals surface area contributed by atoms with Crippen molar-refractivity contribution in [1.29, 1.82) is 0 Å². The highest BCUT2D eigenvalue weighted by Crippen LogP contribution is 2.32. The van der Waals surface area contributed by atoms with Crippen LogP contribution in [0.25, 0.3) is 0 Å². The van der Waals surface area contributed by atoms with Gasteiger partial charge in [-0.1, -0.05) is 19.1 Å². The highest BCUT2D eigenvalue weighted by molar-refractivity contribution is 5.76. The summed E-state index contributed by atoms with van der Waals surface area (Å²) in [7, 11) is 0. The lowest BCUT2D eigenvalue weighted by molar-refractivity contribution is -0.121. The molecule has 1 amide bonds. The zero-order valence-corrected chi connectivity index (χ0v) is 12.4. The number of aromatic nitrogens is 1. The van der Waals surface area contributed by atoms with Gasteiger partial charge in [-0.25, -0.2) is 0 Å². The van der Waals surface area contributed by atoms with Crippen molar-refractivity contribution in [1.82, 2.24) is 10.3 Å². The van der Waals surface area contributed by atoms with Crippen molar-refractivity contribution in [3.8, 4) is 11.5 Å². The van der Waals surface area contributed by atoms with E-state index in [2.05, 4.69) is 10.3 Å². The quantitative estimate of drug-likeness (QED) is 0.922. The van der Waals surface area contributed by atoms with Crippen molar-refractivity contribution in [2.24, 2.45) is 0 Å². The molecule has 0 spiro atoms. The van der Waals surface area contributed by atoms with Crippen LogP contribution < -0.4 is 14.8 Å². The number of ether oxygens (including phenoxy) is 2. The summed E-state index contributed by atoms with van der Waals surface area (Å²) < 4.78 is 10.6. The molecule has 0 saturated carbocycles. The molecule has 0 fully saturated rings. The Balaban J connectivity index is 1.52. The molecule has 0 saturated heterocycles. The largest absolute Gasteiger partial charge is 0.454 e. The molecule has 0 radical (unpaired) electrons. The molecular formula is C17H18N2O3. The summed E-state index contributed by atoms with van der Waals surface area (Å²) in [4.78, 5) is 16.1. The van der Waals surface area contributed by atoms with E-state index in [0.29, 0.717) is 13.0 Å². The van der Waals surface area contributed by atoms with E-state index >= 15 is 0 Å². The molecule has 5 nitrogen and oxygen atoms in total. The molecule has 2 aromatic rings. The fraction of sp³-hybridized carbons (Fsp3) is 0.294. The van der Waals surface area contributed by atoms with Crippen molar-refractivity contribution >= 4 is 5.91 Å². The van der Waals surface area contributed by atoms with Gasteiger partial charge >= 0.3 is 0 Å². The Kier molecular flexibility index (Phi) is 4.23. The summed E-state index contributed by atoms with van der Waals surface area (Å²) in [6.07, 6.45) is 3.97. The van der Waals surface area contributed by atoms with E-state index in [1.165, 1.54) is 0 Å². The Morgan fingerprint density at radius 3 is 3.00 bits per heavy atom. The van der Waals surface area contributed by atoms with Gasteiger partial charge < -0.3 is 14.8 Å². The van der Waals surface area contributed by atoms with Crippen LogP contribution in [0.2, 0.25) is 0 Å². The minimum Gasteiger partial charge on any atom is -0.454 e. The molecule has 114 valence electrons. The number of fused-ring (bicyclic) bond motifs is 1. The maximum atomic E-state index is 12.0. The molecule has 22 heavy (non-hydrogen) atoms. The third kappa shape index (κ3) is 3.36. The van der Waals surface area contributed by atoms with Gasteiger partial charge in [0.1, 0.15) is 0 Å². The van der Waals surface area contributed by atoms with Gasteiger partial charge in [-0.2, -0.15) is 0 Å². The number of carbonyl (C=O) groups excluding carboxylic acids is 1. The number of nitrogens with one attached hydrogen (secondary N) is 1.